The first-order valence-electron chi connectivity index (χ1n) is 10.1. The van der Waals surface area contributed by atoms with E-state index in [1.807, 2.05) is 29.2 Å². The van der Waals surface area contributed by atoms with Gasteiger partial charge in [-0.15, -0.1) is 11.8 Å². The molecule has 0 saturated carbocycles. The lowest BCUT2D eigenvalue weighted by Crippen LogP contribution is -2.38. The van der Waals surface area contributed by atoms with Gasteiger partial charge in [0.2, 0.25) is 5.91 Å². The van der Waals surface area contributed by atoms with Crippen LogP contribution in [0.15, 0.2) is 41.3 Å². The van der Waals surface area contributed by atoms with E-state index in [2.05, 4.69) is 26.0 Å². The van der Waals surface area contributed by atoms with E-state index in [-0.39, 0.29) is 12.0 Å². The van der Waals surface area contributed by atoms with Gasteiger partial charge in [-0.3, -0.25) is 9.69 Å². The lowest BCUT2D eigenvalue weighted by molar-refractivity contribution is -0.116. The number of anilines is 1. The number of aryl methyl sites for hydroxylation is 2. The summed E-state index contributed by atoms with van der Waals surface area (Å²) in [5, 5.41) is 0.755. The van der Waals surface area contributed by atoms with Gasteiger partial charge < -0.3 is 9.47 Å². The molecule has 0 bridgehead atoms. The smallest absolute Gasteiger partial charge is 0.239 e. The summed E-state index contributed by atoms with van der Waals surface area (Å²) < 4.78 is 12.1. The minimum atomic E-state index is 0.0545. The highest BCUT2D eigenvalue weighted by Crippen LogP contribution is 2.32. The quantitative estimate of drug-likeness (QED) is 0.469. The number of thiazole rings is 1. The van der Waals surface area contributed by atoms with E-state index in [0.717, 1.165) is 45.4 Å². The van der Waals surface area contributed by atoms with Crippen molar-refractivity contribution in [3.8, 4) is 5.75 Å². The van der Waals surface area contributed by atoms with E-state index in [4.69, 9.17) is 14.5 Å². The number of fused-ring (bicyclic) bond motifs is 1. The van der Waals surface area contributed by atoms with Gasteiger partial charge in [0.25, 0.3) is 0 Å². The molecule has 2 heterocycles. The van der Waals surface area contributed by atoms with Gasteiger partial charge in [-0.1, -0.05) is 11.3 Å². The molecule has 1 aliphatic heterocycles. The Balaban J connectivity index is 1.54. The molecule has 0 radical (unpaired) electrons. The summed E-state index contributed by atoms with van der Waals surface area (Å²) >= 11 is 3.11. The SMILES string of the molecule is COc1ccc(SCC(=O)N(CC2CCCO2)c2nc3cc(C)c(C)cc3s2)cc1. The van der Waals surface area contributed by atoms with Crippen LogP contribution in [0.5, 0.6) is 5.75 Å². The van der Waals surface area contributed by atoms with Crippen molar-refractivity contribution >= 4 is 44.4 Å². The van der Waals surface area contributed by atoms with Gasteiger partial charge >= 0.3 is 0 Å². The number of nitrogens with zero attached hydrogens (tertiary/aromatic N) is 2. The summed E-state index contributed by atoms with van der Waals surface area (Å²) in [5.41, 5.74) is 3.40. The maximum Gasteiger partial charge on any atom is 0.239 e. The number of hydrogen-bond acceptors (Lipinski definition) is 6. The minimum Gasteiger partial charge on any atom is -0.497 e. The number of methoxy groups -OCH3 is 1. The van der Waals surface area contributed by atoms with Crippen molar-refractivity contribution in [3.05, 3.63) is 47.5 Å². The average molecular weight is 443 g/mol. The molecule has 1 fully saturated rings. The normalized spacial score (nSPS) is 16.2. The third-order valence-corrected chi connectivity index (χ3v) is 7.39. The fourth-order valence-electron chi connectivity index (χ4n) is 3.46. The second-order valence-electron chi connectivity index (χ2n) is 7.50. The van der Waals surface area contributed by atoms with Crippen LogP contribution in [0.1, 0.15) is 24.0 Å². The number of amides is 1. The summed E-state index contributed by atoms with van der Waals surface area (Å²) in [4.78, 5) is 20.9. The molecule has 1 aliphatic rings. The molecule has 4 rings (SSSR count). The molecule has 5 nitrogen and oxygen atoms in total. The number of ether oxygens (including phenoxy) is 2. The second kappa shape index (κ2) is 9.37. The molecular formula is C23H26N2O3S2. The van der Waals surface area contributed by atoms with Crippen molar-refractivity contribution < 1.29 is 14.3 Å². The second-order valence-corrected chi connectivity index (χ2v) is 9.56. The standard InChI is InChI=1S/C23H26N2O3S2/c1-15-11-20-21(12-16(15)2)30-23(24-20)25(13-18-5-4-10-28-18)22(26)14-29-19-8-6-17(27-3)7-9-19/h6-9,11-12,18H,4-5,10,13-14H2,1-3H3. The van der Waals surface area contributed by atoms with E-state index >= 15 is 0 Å². The number of aromatic nitrogens is 1. The molecule has 0 N–H and O–H groups in total. The number of carbonyl (C=O) groups is 1. The average Bonchev–Trinajstić information content (AvgIpc) is 3.40. The maximum absolute atomic E-state index is 13.2. The van der Waals surface area contributed by atoms with Crippen molar-refractivity contribution in [3.63, 3.8) is 0 Å². The monoisotopic (exact) mass is 442 g/mol. The van der Waals surface area contributed by atoms with E-state index in [1.165, 1.54) is 22.9 Å². The van der Waals surface area contributed by atoms with Gasteiger partial charge in [0, 0.05) is 11.5 Å². The highest BCUT2D eigenvalue weighted by atomic mass is 32.2. The predicted molar refractivity (Wildman–Crippen MR) is 124 cm³/mol. The fourth-order valence-corrected chi connectivity index (χ4v) is 5.30. The number of benzene rings is 2. The van der Waals surface area contributed by atoms with Gasteiger partial charge in [0.15, 0.2) is 5.13 Å². The largest absolute Gasteiger partial charge is 0.497 e. The van der Waals surface area contributed by atoms with E-state index < -0.39 is 0 Å². The molecule has 30 heavy (non-hydrogen) atoms. The van der Waals surface area contributed by atoms with Crippen LogP contribution in [0.3, 0.4) is 0 Å². The van der Waals surface area contributed by atoms with E-state index in [9.17, 15) is 4.79 Å². The van der Waals surface area contributed by atoms with Gasteiger partial charge in [0.1, 0.15) is 5.75 Å². The molecule has 0 aliphatic carbocycles. The lowest BCUT2D eigenvalue weighted by atomic mass is 10.1. The number of carbonyl (C=O) groups excluding carboxylic acids is 1. The number of thioether (sulfide) groups is 1. The van der Waals surface area contributed by atoms with Crippen molar-refractivity contribution in [1.82, 2.24) is 4.98 Å². The van der Waals surface area contributed by atoms with Crippen LogP contribution in [-0.4, -0.2) is 43.0 Å². The summed E-state index contributed by atoms with van der Waals surface area (Å²) in [6, 6.07) is 12.0. The Morgan fingerprint density at radius 3 is 2.73 bits per heavy atom. The maximum atomic E-state index is 13.2. The van der Waals surface area contributed by atoms with Crippen LogP contribution in [-0.2, 0) is 9.53 Å². The molecule has 1 aromatic heterocycles. The first-order chi connectivity index (χ1) is 14.5. The molecule has 7 heteroatoms. The Labute approximate surface area is 185 Å². The molecule has 1 atom stereocenters. The summed E-state index contributed by atoms with van der Waals surface area (Å²) in [5.74, 6) is 1.22. The lowest BCUT2D eigenvalue weighted by Gasteiger charge is -2.23. The molecule has 1 amide bonds. The zero-order valence-corrected chi connectivity index (χ0v) is 19.1. The van der Waals surface area contributed by atoms with E-state index in [0.29, 0.717) is 12.3 Å². The summed E-state index contributed by atoms with van der Waals surface area (Å²) in [6.45, 7) is 5.52. The molecule has 2 aromatic carbocycles. The molecule has 1 saturated heterocycles. The molecule has 1 unspecified atom stereocenters. The van der Waals surface area contributed by atoms with Crippen LogP contribution >= 0.6 is 23.1 Å². The van der Waals surface area contributed by atoms with Crippen molar-refractivity contribution in [1.29, 1.82) is 0 Å². The van der Waals surface area contributed by atoms with Gasteiger partial charge in [-0.25, -0.2) is 4.98 Å². The third kappa shape index (κ3) is 4.79. The van der Waals surface area contributed by atoms with Crippen LogP contribution < -0.4 is 9.64 Å². The van der Waals surface area contributed by atoms with Gasteiger partial charge in [-0.05, 0) is 74.2 Å². The highest BCUT2D eigenvalue weighted by Gasteiger charge is 2.26. The molecule has 158 valence electrons. The number of rotatable bonds is 7. The summed E-state index contributed by atoms with van der Waals surface area (Å²) in [6.07, 6.45) is 2.11. The van der Waals surface area contributed by atoms with Crippen LogP contribution in [0.4, 0.5) is 5.13 Å². The van der Waals surface area contributed by atoms with Crippen LogP contribution in [0, 0.1) is 13.8 Å². The molecule has 0 spiro atoms. The fraction of sp³-hybridized carbons (Fsp3) is 0.391. The van der Waals surface area contributed by atoms with E-state index in [1.54, 1.807) is 18.4 Å². The first kappa shape index (κ1) is 21.2. The van der Waals surface area contributed by atoms with Crippen molar-refractivity contribution in [2.75, 3.05) is 30.9 Å². The Kier molecular flexibility index (Phi) is 6.61. The third-order valence-electron chi connectivity index (χ3n) is 5.36. The topological polar surface area (TPSA) is 51.7 Å². The van der Waals surface area contributed by atoms with Gasteiger partial charge in [0.05, 0.1) is 35.7 Å². The Morgan fingerprint density at radius 1 is 1.27 bits per heavy atom. The molecular weight excluding hydrogens is 416 g/mol. The summed E-state index contributed by atoms with van der Waals surface area (Å²) in [7, 11) is 1.65. The first-order valence-corrected chi connectivity index (χ1v) is 11.9. The minimum absolute atomic E-state index is 0.0545. The Hall–Kier alpha value is -2.09. The Morgan fingerprint density at radius 2 is 2.03 bits per heavy atom. The zero-order valence-electron chi connectivity index (χ0n) is 17.5. The predicted octanol–water partition coefficient (Wildman–Crippen LogP) is 5.23. The zero-order chi connectivity index (χ0) is 21.1. The Bertz CT molecular complexity index is 988. The van der Waals surface area contributed by atoms with Crippen LogP contribution in [0.2, 0.25) is 0 Å². The van der Waals surface area contributed by atoms with Crippen LogP contribution in [0.25, 0.3) is 10.2 Å². The molecule has 3 aromatic rings. The highest BCUT2D eigenvalue weighted by molar-refractivity contribution is 8.00. The van der Waals surface area contributed by atoms with Crippen molar-refractivity contribution in [2.45, 2.75) is 37.7 Å². The number of hydrogen-bond donors (Lipinski definition) is 0. The van der Waals surface area contributed by atoms with Crippen molar-refractivity contribution in [2.24, 2.45) is 0 Å². The van der Waals surface area contributed by atoms with Gasteiger partial charge in [-0.2, -0.15) is 0 Å².